The number of rotatable bonds is 7. The van der Waals surface area contributed by atoms with E-state index >= 15 is 0 Å². The minimum Gasteiger partial charge on any atom is -0.316 e. The molecule has 0 bridgehead atoms. The van der Waals surface area contributed by atoms with Crippen LogP contribution in [0.2, 0.25) is 0 Å². The minimum absolute atomic E-state index is 0.0930. The highest BCUT2D eigenvalue weighted by atomic mass is 32.2. The van der Waals surface area contributed by atoms with Crippen LogP contribution < -0.4 is 5.32 Å². The third-order valence-corrected chi connectivity index (χ3v) is 5.10. The third kappa shape index (κ3) is 3.60. The molecule has 110 valence electrons. The van der Waals surface area contributed by atoms with E-state index in [1.54, 1.807) is 19.1 Å². The first kappa shape index (κ1) is 16.7. The highest BCUT2D eigenvalue weighted by molar-refractivity contribution is 7.89. The Morgan fingerprint density at radius 2 is 2.00 bits per heavy atom. The van der Waals surface area contributed by atoms with Crippen LogP contribution >= 0.6 is 0 Å². The summed E-state index contributed by atoms with van der Waals surface area (Å²) in [4.78, 5) is 0.303. The van der Waals surface area contributed by atoms with Gasteiger partial charge in [0, 0.05) is 13.1 Å². The number of terminal acetylenes is 1. The van der Waals surface area contributed by atoms with Gasteiger partial charge in [-0.15, -0.1) is 6.42 Å². The Kier molecular flexibility index (Phi) is 6.21. The van der Waals surface area contributed by atoms with Crippen LogP contribution in [-0.4, -0.2) is 32.9 Å². The lowest BCUT2D eigenvalue weighted by molar-refractivity contribution is 0.464. The van der Waals surface area contributed by atoms with Gasteiger partial charge in [-0.05, 0) is 36.7 Å². The summed E-state index contributed by atoms with van der Waals surface area (Å²) in [5.74, 6) is 2.39. The molecule has 1 N–H and O–H groups in total. The van der Waals surface area contributed by atoms with Crippen molar-refractivity contribution in [2.75, 3.05) is 20.1 Å². The molecule has 0 fully saturated rings. The topological polar surface area (TPSA) is 49.4 Å². The quantitative estimate of drug-likeness (QED) is 0.777. The molecule has 0 atom stereocenters. The van der Waals surface area contributed by atoms with E-state index in [0.717, 1.165) is 17.5 Å². The van der Waals surface area contributed by atoms with Crippen molar-refractivity contribution in [3.05, 3.63) is 29.3 Å². The first-order valence-corrected chi connectivity index (χ1v) is 8.15. The molecular formula is C15H22N2O2S. The Labute approximate surface area is 122 Å². The van der Waals surface area contributed by atoms with Crippen LogP contribution in [0.4, 0.5) is 0 Å². The molecule has 20 heavy (non-hydrogen) atoms. The second-order valence-corrected chi connectivity index (χ2v) is 6.39. The van der Waals surface area contributed by atoms with E-state index in [4.69, 9.17) is 6.42 Å². The van der Waals surface area contributed by atoms with Crippen molar-refractivity contribution in [3.63, 3.8) is 0 Å². The van der Waals surface area contributed by atoms with Crippen LogP contribution in [0.25, 0.3) is 0 Å². The highest BCUT2D eigenvalue weighted by Crippen LogP contribution is 2.20. The smallest absolute Gasteiger partial charge is 0.243 e. The standard InChI is InChI=1S/C15H22N2O2S/c1-5-10-17(7-3)20(18,19)15-9-8-13(6-2)14(11-15)12-16-4/h1,8-9,11,16H,6-7,10,12H2,2-4H3. The average Bonchev–Trinajstić information content (AvgIpc) is 2.44. The summed E-state index contributed by atoms with van der Waals surface area (Å²) in [6, 6.07) is 5.28. The van der Waals surface area contributed by atoms with Crippen molar-refractivity contribution in [3.8, 4) is 12.3 Å². The van der Waals surface area contributed by atoms with Crippen LogP contribution in [0.3, 0.4) is 0 Å². The number of nitrogens with one attached hydrogen (secondary N) is 1. The number of sulfonamides is 1. The van der Waals surface area contributed by atoms with Gasteiger partial charge in [0.15, 0.2) is 0 Å². The monoisotopic (exact) mass is 294 g/mol. The Balaban J connectivity index is 3.25. The van der Waals surface area contributed by atoms with E-state index in [0.29, 0.717) is 18.0 Å². The fourth-order valence-corrected chi connectivity index (χ4v) is 3.49. The van der Waals surface area contributed by atoms with Crippen LogP contribution in [0.1, 0.15) is 25.0 Å². The van der Waals surface area contributed by atoms with Gasteiger partial charge < -0.3 is 5.32 Å². The number of hydrogen-bond acceptors (Lipinski definition) is 3. The maximum atomic E-state index is 12.5. The van der Waals surface area contributed by atoms with Gasteiger partial charge in [0.25, 0.3) is 0 Å². The lowest BCUT2D eigenvalue weighted by Crippen LogP contribution is -2.31. The normalized spacial score (nSPS) is 11.6. The van der Waals surface area contributed by atoms with Crippen molar-refractivity contribution >= 4 is 10.0 Å². The van der Waals surface area contributed by atoms with Crippen molar-refractivity contribution in [2.45, 2.75) is 31.7 Å². The van der Waals surface area contributed by atoms with Gasteiger partial charge >= 0.3 is 0 Å². The van der Waals surface area contributed by atoms with Gasteiger partial charge in [0.2, 0.25) is 10.0 Å². The predicted molar refractivity (Wildman–Crippen MR) is 81.8 cm³/mol. The van der Waals surface area contributed by atoms with Crippen molar-refractivity contribution in [2.24, 2.45) is 0 Å². The predicted octanol–water partition coefficient (Wildman–Crippen LogP) is 1.61. The largest absolute Gasteiger partial charge is 0.316 e. The first-order chi connectivity index (χ1) is 9.51. The minimum atomic E-state index is -3.52. The van der Waals surface area contributed by atoms with Crippen molar-refractivity contribution in [1.82, 2.24) is 9.62 Å². The molecule has 4 nitrogen and oxygen atoms in total. The molecule has 0 saturated carbocycles. The van der Waals surface area contributed by atoms with E-state index in [9.17, 15) is 8.42 Å². The third-order valence-electron chi connectivity index (χ3n) is 3.18. The SMILES string of the molecule is C#CCN(CC)S(=O)(=O)c1ccc(CC)c(CNC)c1. The Morgan fingerprint density at radius 1 is 1.30 bits per heavy atom. The summed E-state index contributed by atoms with van der Waals surface area (Å²) in [7, 11) is -1.67. The molecule has 1 aromatic rings. The summed E-state index contributed by atoms with van der Waals surface area (Å²) >= 11 is 0. The molecule has 0 aromatic heterocycles. The van der Waals surface area contributed by atoms with E-state index < -0.39 is 10.0 Å². The van der Waals surface area contributed by atoms with E-state index in [1.807, 2.05) is 13.1 Å². The first-order valence-electron chi connectivity index (χ1n) is 6.71. The van der Waals surface area contributed by atoms with Crippen LogP contribution in [0.15, 0.2) is 23.1 Å². The maximum absolute atomic E-state index is 12.5. The van der Waals surface area contributed by atoms with E-state index in [2.05, 4.69) is 18.2 Å². The molecular weight excluding hydrogens is 272 g/mol. The summed E-state index contributed by atoms with van der Waals surface area (Å²) < 4.78 is 26.3. The van der Waals surface area contributed by atoms with Gasteiger partial charge in [-0.3, -0.25) is 0 Å². The number of nitrogens with zero attached hydrogens (tertiary/aromatic N) is 1. The van der Waals surface area contributed by atoms with Gasteiger partial charge in [-0.25, -0.2) is 8.42 Å². The van der Waals surface area contributed by atoms with E-state index in [1.165, 1.54) is 4.31 Å². The molecule has 5 heteroatoms. The molecule has 0 aliphatic heterocycles. The average molecular weight is 294 g/mol. The Hall–Kier alpha value is -1.35. The fourth-order valence-electron chi connectivity index (χ4n) is 2.08. The fraction of sp³-hybridized carbons (Fsp3) is 0.467. The van der Waals surface area contributed by atoms with Gasteiger partial charge in [-0.1, -0.05) is 25.8 Å². The molecule has 1 aromatic carbocycles. The second-order valence-electron chi connectivity index (χ2n) is 4.45. The molecule has 0 amide bonds. The number of hydrogen-bond donors (Lipinski definition) is 1. The van der Waals surface area contributed by atoms with Crippen molar-refractivity contribution < 1.29 is 8.42 Å². The molecule has 0 radical (unpaired) electrons. The number of aryl methyl sites for hydroxylation is 1. The van der Waals surface area contributed by atoms with Crippen LogP contribution in [0.5, 0.6) is 0 Å². The highest BCUT2D eigenvalue weighted by Gasteiger charge is 2.22. The molecule has 0 unspecified atom stereocenters. The zero-order valence-corrected chi connectivity index (χ0v) is 13.1. The summed E-state index contributed by atoms with van der Waals surface area (Å²) in [6.07, 6.45) is 6.11. The molecule has 0 aliphatic rings. The zero-order valence-electron chi connectivity index (χ0n) is 12.3. The molecule has 0 aliphatic carbocycles. The van der Waals surface area contributed by atoms with Gasteiger partial charge in [0.1, 0.15) is 0 Å². The molecule has 0 heterocycles. The van der Waals surface area contributed by atoms with Crippen molar-refractivity contribution in [1.29, 1.82) is 0 Å². The Bertz CT molecular complexity index is 588. The maximum Gasteiger partial charge on any atom is 0.243 e. The van der Waals surface area contributed by atoms with Gasteiger partial charge in [-0.2, -0.15) is 4.31 Å². The molecule has 0 saturated heterocycles. The Morgan fingerprint density at radius 3 is 2.50 bits per heavy atom. The molecule has 0 spiro atoms. The second kappa shape index (κ2) is 7.44. The zero-order chi connectivity index (χ0) is 15.2. The summed E-state index contributed by atoms with van der Waals surface area (Å²) in [5, 5.41) is 3.06. The van der Waals surface area contributed by atoms with E-state index in [-0.39, 0.29) is 6.54 Å². The number of benzene rings is 1. The van der Waals surface area contributed by atoms with Crippen LogP contribution in [-0.2, 0) is 23.0 Å². The lowest BCUT2D eigenvalue weighted by atomic mass is 10.1. The van der Waals surface area contributed by atoms with Crippen LogP contribution in [0, 0.1) is 12.3 Å². The van der Waals surface area contributed by atoms with Gasteiger partial charge in [0.05, 0.1) is 11.4 Å². The molecule has 1 rings (SSSR count). The summed E-state index contributed by atoms with van der Waals surface area (Å²) in [5.41, 5.74) is 2.16. The lowest BCUT2D eigenvalue weighted by Gasteiger charge is -2.19. The summed E-state index contributed by atoms with van der Waals surface area (Å²) in [6.45, 7) is 4.94.